The number of thiazole rings is 1. The van der Waals surface area contributed by atoms with Crippen molar-refractivity contribution in [2.75, 3.05) is 36.5 Å². The zero-order valence-electron chi connectivity index (χ0n) is 36.6. The Hall–Kier alpha value is -7.06. The Morgan fingerprint density at radius 3 is 2.33 bits per heavy atom. The first-order valence-corrected chi connectivity index (χ1v) is 24.8. The maximum atomic E-state index is 13.5. The first kappa shape index (κ1) is 46.5. The van der Waals surface area contributed by atoms with Gasteiger partial charge in [-0.3, -0.25) is 52.7 Å². The second kappa shape index (κ2) is 19.8. The van der Waals surface area contributed by atoms with Crippen molar-refractivity contribution in [3.05, 3.63) is 107 Å². The van der Waals surface area contributed by atoms with Crippen LogP contribution in [0.1, 0.15) is 101 Å². The second-order valence-corrected chi connectivity index (χ2v) is 19.6. The van der Waals surface area contributed by atoms with Crippen LogP contribution in [0.2, 0.25) is 0 Å². The number of fused-ring (bicyclic) bond motifs is 1. The number of nitrogens with one attached hydrogen (secondary N) is 5. The number of aromatic nitrogens is 3. The molecular weight excluding hydrogens is 899 g/mol. The van der Waals surface area contributed by atoms with E-state index in [4.69, 9.17) is 0 Å². The largest absolute Gasteiger partial charge is 0.385 e. The van der Waals surface area contributed by atoms with Gasteiger partial charge in [0.2, 0.25) is 33.7 Å². The number of anilines is 2. The molecule has 1 unspecified atom stereocenters. The van der Waals surface area contributed by atoms with Crippen LogP contribution in [0.25, 0.3) is 22.4 Å². The summed E-state index contributed by atoms with van der Waals surface area (Å²) in [5, 5.41) is 16.0. The molecule has 67 heavy (non-hydrogen) atoms. The number of hydrogen-bond donors (Lipinski definition) is 5. The Morgan fingerprint density at radius 2 is 1.58 bits per heavy atom. The van der Waals surface area contributed by atoms with Crippen molar-refractivity contribution < 1.29 is 42.0 Å². The van der Waals surface area contributed by atoms with Gasteiger partial charge in [-0.15, -0.1) is 11.3 Å². The summed E-state index contributed by atoms with van der Waals surface area (Å²) in [4.78, 5) is 98.6. The number of pyridine rings is 1. The van der Waals surface area contributed by atoms with Gasteiger partial charge in [-0.1, -0.05) is 43.9 Å². The first-order chi connectivity index (χ1) is 32.2. The second-order valence-electron chi connectivity index (χ2n) is 16.9. The summed E-state index contributed by atoms with van der Waals surface area (Å²) >= 11 is 1.24. The summed E-state index contributed by atoms with van der Waals surface area (Å²) in [7, 11) is -3.54. The molecule has 8 rings (SSSR count). The van der Waals surface area contributed by atoms with Crippen molar-refractivity contribution in [2.45, 2.75) is 75.7 Å². The minimum atomic E-state index is -3.54. The predicted octanol–water partition coefficient (Wildman–Crippen LogP) is 4.85. The summed E-state index contributed by atoms with van der Waals surface area (Å²) < 4.78 is 24.3. The van der Waals surface area contributed by atoms with Crippen LogP contribution < -0.4 is 26.6 Å². The molecule has 1 atom stereocenters. The summed E-state index contributed by atoms with van der Waals surface area (Å²) in [6.07, 6.45) is 12.6. The van der Waals surface area contributed by atoms with Crippen LogP contribution in [0.3, 0.4) is 0 Å². The van der Waals surface area contributed by atoms with E-state index in [1.54, 1.807) is 24.4 Å². The molecule has 5 N–H and O–H groups in total. The van der Waals surface area contributed by atoms with Crippen molar-refractivity contribution in [2.24, 2.45) is 0 Å². The van der Waals surface area contributed by atoms with E-state index in [0.717, 1.165) is 88.9 Å². The van der Waals surface area contributed by atoms with Gasteiger partial charge in [-0.2, -0.15) is 0 Å². The molecule has 3 aliphatic rings. The molecular formula is C47H49N9O9S2. The van der Waals surface area contributed by atoms with E-state index in [9.17, 15) is 42.0 Å². The average Bonchev–Trinajstić information content (AvgIpc) is 3.59. The average molecular weight is 948 g/mol. The fourth-order valence-electron chi connectivity index (χ4n) is 8.20. The van der Waals surface area contributed by atoms with Gasteiger partial charge in [0.05, 0.1) is 46.3 Å². The molecule has 5 aromatic rings. The van der Waals surface area contributed by atoms with E-state index in [1.807, 2.05) is 41.8 Å². The molecule has 5 heterocycles. The van der Waals surface area contributed by atoms with E-state index in [0.29, 0.717) is 29.6 Å². The zero-order valence-corrected chi connectivity index (χ0v) is 38.3. The van der Waals surface area contributed by atoms with Crippen molar-refractivity contribution in [1.82, 2.24) is 34.8 Å². The van der Waals surface area contributed by atoms with Gasteiger partial charge in [0.25, 0.3) is 17.7 Å². The topological polar surface area (TPSA) is 248 Å². The predicted molar refractivity (Wildman–Crippen MR) is 250 cm³/mol. The number of nitrogens with zero attached hydrogens (tertiary/aromatic N) is 4. The number of carbonyl (C=O) groups is 7. The van der Waals surface area contributed by atoms with Crippen LogP contribution in [0.4, 0.5) is 10.8 Å². The highest BCUT2D eigenvalue weighted by atomic mass is 32.2. The van der Waals surface area contributed by atoms with E-state index < -0.39 is 56.9 Å². The van der Waals surface area contributed by atoms with Crippen LogP contribution in [0.5, 0.6) is 0 Å². The van der Waals surface area contributed by atoms with Gasteiger partial charge >= 0.3 is 0 Å². The number of amides is 7. The molecule has 0 radical (unpaired) electrons. The SMILES string of the molecule is CS(=O)(=O)n1ccc(C(=O)NCC(=O)Nc2nc(-c3cccc(-c4ccnc(C5(C(=O)NCCCCCCCCNc6ccc7c(c6)C(=O)N(C6CCC(=O)NC6=O)C7=O)CC5)c4)c3)cs2)c1. The summed E-state index contributed by atoms with van der Waals surface area (Å²) in [6.45, 7) is 0.930. The number of imide groups is 2. The first-order valence-electron chi connectivity index (χ1n) is 22.1. The number of rotatable bonds is 20. The fourth-order valence-corrected chi connectivity index (χ4v) is 9.53. The maximum absolute atomic E-state index is 13.5. The lowest BCUT2D eigenvalue weighted by atomic mass is 9.96. The highest BCUT2D eigenvalue weighted by Crippen LogP contribution is 2.48. The van der Waals surface area contributed by atoms with E-state index >= 15 is 0 Å². The molecule has 2 aromatic carbocycles. The van der Waals surface area contributed by atoms with E-state index in [2.05, 4.69) is 36.6 Å². The Balaban J connectivity index is 0.738. The normalized spacial score (nSPS) is 16.3. The molecule has 0 spiro atoms. The number of piperidine rings is 1. The number of unbranched alkanes of at least 4 members (excludes halogenated alkanes) is 5. The molecule has 2 fully saturated rings. The molecule has 20 heteroatoms. The summed E-state index contributed by atoms with van der Waals surface area (Å²) in [5.74, 6) is -3.20. The van der Waals surface area contributed by atoms with E-state index in [1.165, 1.54) is 29.8 Å². The smallest absolute Gasteiger partial charge is 0.262 e. The molecule has 1 saturated heterocycles. The lowest BCUT2D eigenvalue weighted by Gasteiger charge is -2.27. The molecule has 348 valence electrons. The molecule has 1 aliphatic carbocycles. The fraction of sp³-hybridized carbons (Fsp3) is 0.340. The van der Waals surface area contributed by atoms with Gasteiger partial charge < -0.3 is 21.3 Å². The van der Waals surface area contributed by atoms with E-state index in [-0.39, 0.29) is 42.0 Å². The van der Waals surface area contributed by atoms with Crippen molar-refractivity contribution in [3.63, 3.8) is 0 Å². The van der Waals surface area contributed by atoms with Crippen LogP contribution in [0.15, 0.2) is 84.6 Å². The van der Waals surface area contributed by atoms with Crippen molar-refractivity contribution in [3.8, 4) is 22.4 Å². The quantitative estimate of drug-likeness (QED) is 0.0519. The van der Waals surface area contributed by atoms with Gasteiger partial charge in [0.1, 0.15) is 6.04 Å². The Morgan fingerprint density at radius 1 is 0.851 bits per heavy atom. The maximum Gasteiger partial charge on any atom is 0.262 e. The molecule has 0 bridgehead atoms. The molecule has 7 amide bonds. The minimum Gasteiger partial charge on any atom is -0.385 e. The Labute approximate surface area is 390 Å². The van der Waals surface area contributed by atoms with Gasteiger partial charge in [0.15, 0.2) is 5.13 Å². The molecule has 3 aromatic heterocycles. The summed E-state index contributed by atoms with van der Waals surface area (Å²) in [6, 6.07) is 17.0. The van der Waals surface area contributed by atoms with Crippen LogP contribution in [-0.4, -0.2) is 101 Å². The molecule has 2 aliphatic heterocycles. The number of hydrogen-bond acceptors (Lipinski definition) is 13. The standard InChI is InChI=1S/C47H49N9O9S2/c1-67(64,65)55-22-16-32(27-55)41(59)51-26-40(58)54-46-52-36(28-66-46)31-10-8-9-29(23-31)30-15-21-49-38(24-30)47(17-18-47)45(63)50-20-7-5-3-2-4-6-19-48-33-11-12-34-35(25-33)44(62)56(43(34)61)37-13-14-39(57)53-42(37)60/h8-12,15-16,21-25,27-28,37,48H,2-7,13-14,17-20,26H2,1H3,(H,50,63)(H,51,59)(H,52,54,58)(H,53,57,60). The highest BCUT2D eigenvalue weighted by Gasteiger charge is 2.52. The third kappa shape index (κ3) is 10.7. The Bertz CT molecular complexity index is 2890. The monoisotopic (exact) mass is 947 g/mol. The number of carbonyl (C=O) groups excluding carboxylic acids is 7. The third-order valence-corrected chi connectivity index (χ3v) is 13.8. The van der Waals surface area contributed by atoms with Crippen LogP contribution in [0, 0.1) is 0 Å². The van der Waals surface area contributed by atoms with Gasteiger partial charge in [-0.25, -0.2) is 13.4 Å². The zero-order chi connectivity index (χ0) is 47.3. The van der Waals surface area contributed by atoms with Crippen LogP contribution in [-0.2, 0) is 34.6 Å². The number of benzene rings is 2. The lowest BCUT2D eigenvalue weighted by Crippen LogP contribution is -2.54. The van der Waals surface area contributed by atoms with Gasteiger partial charge in [0, 0.05) is 54.7 Å². The summed E-state index contributed by atoms with van der Waals surface area (Å²) in [5.41, 5.74) is 4.68. The third-order valence-electron chi connectivity index (χ3n) is 12.1. The van der Waals surface area contributed by atoms with Gasteiger partial charge in [-0.05, 0) is 85.7 Å². The van der Waals surface area contributed by atoms with Crippen LogP contribution >= 0.6 is 11.3 Å². The van der Waals surface area contributed by atoms with Crippen molar-refractivity contribution in [1.29, 1.82) is 0 Å². The minimum absolute atomic E-state index is 0.0130. The Kier molecular flexibility index (Phi) is 13.7. The van der Waals surface area contributed by atoms with Crippen molar-refractivity contribution >= 4 is 73.5 Å². The molecule has 1 saturated carbocycles. The highest BCUT2D eigenvalue weighted by molar-refractivity contribution is 7.89. The lowest BCUT2D eigenvalue weighted by molar-refractivity contribution is -0.136. The molecule has 18 nitrogen and oxygen atoms in total.